The average Bonchev–Trinajstić information content (AvgIpc) is 2.35. The third-order valence-electron chi connectivity index (χ3n) is 2.68. The molecule has 1 atom stereocenters. The molecule has 2 rings (SSSR count). The quantitative estimate of drug-likeness (QED) is 0.628. The maximum atomic E-state index is 13.7. The number of carbonyl (C=O) groups is 1. The van der Waals surface area contributed by atoms with Crippen LogP contribution in [-0.2, 0) is 4.74 Å². The second-order valence-electron chi connectivity index (χ2n) is 4.04. The van der Waals surface area contributed by atoms with Gasteiger partial charge >= 0.3 is 12.0 Å². The number of halogens is 3. The van der Waals surface area contributed by atoms with Gasteiger partial charge in [0.1, 0.15) is 11.8 Å². The van der Waals surface area contributed by atoms with Gasteiger partial charge in [-0.05, 0) is 15.9 Å². The first kappa shape index (κ1) is 14.4. The Morgan fingerprint density at radius 1 is 1.55 bits per heavy atom. The summed E-state index contributed by atoms with van der Waals surface area (Å²) < 4.78 is 31.5. The number of hydrogen-bond donors (Lipinski definition) is 2. The number of phenolic OH excluding ortho intramolecular Hbond substituents is 1. The monoisotopic (exact) mass is 352 g/mol. The average molecular weight is 353 g/mol. The minimum atomic E-state index is -3.51. The van der Waals surface area contributed by atoms with Gasteiger partial charge in [0.25, 0.3) is 5.69 Å². The lowest BCUT2D eigenvalue weighted by Gasteiger charge is -2.32. The van der Waals surface area contributed by atoms with Crippen LogP contribution in [0.15, 0.2) is 16.6 Å². The van der Waals surface area contributed by atoms with E-state index >= 15 is 0 Å². The molecule has 20 heavy (non-hydrogen) atoms. The molecule has 108 valence electrons. The molecular weight excluding hydrogens is 346 g/mol. The highest BCUT2D eigenvalue weighted by molar-refractivity contribution is 9.10. The number of nitrogens with zero attached hydrogens (tertiary/aromatic N) is 1. The highest BCUT2D eigenvalue weighted by Crippen LogP contribution is 2.42. The fourth-order valence-corrected chi connectivity index (χ4v) is 2.21. The second kappa shape index (κ2) is 4.85. The second-order valence-corrected chi connectivity index (χ2v) is 4.89. The third-order valence-corrected chi connectivity index (χ3v) is 3.28. The van der Waals surface area contributed by atoms with Gasteiger partial charge in [-0.2, -0.15) is 0 Å². The highest BCUT2D eigenvalue weighted by atomic mass is 79.9. The van der Waals surface area contributed by atoms with Crippen molar-refractivity contribution in [1.29, 1.82) is 0 Å². The van der Waals surface area contributed by atoms with Crippen LogP contribution in [0.4, 0.5) is 19.3 Å². The summed E-state index contributed by atoms with van der Waals surface area (Å²) in [5, 5.41) is 22.4. The Balaban J connectivity index is 2.55. The summed E-state index contributed by atoms with van der Waals surface area (Å²) in [5.74, 6) is -4.12. The molecule has 7 nitrogen and oxygen atoms in total. The molecule has 0 radical (unpaired) electrons. The SMILES string of the molecule is O=C1N[C@@H](c2cc([N+](=O)[O-])cc(Br)c2O)C(F)(F)CO1. The van der Waals surface area contributed by atoms with Gasteiger partial charge in [0.2, 0.25) is 0 Å². The molecule has 1 aromatic carbocycles. The molecule has 1 amide bonds. The fraction of sp³-hybridized carbons (Fsp3) is 0.300. The van der Waals surface area contributed by atoms with Crippen LogP contribution in [-0.4, -0.2) is 28.7 Å². The predicted octanol–water partition coefficient (Wildman–Crippen LogP) is 2.48. The molecule has 1 aliphatic rings. The molecule has 1 heterocycles. The van der Waals surface area contributed by atoms with Gasteiger partial charge in [0, 0.05) is 17.7 Å². The molecular formula is C10H7BrF2N2O5. The minimum absolute atomic E-state index is 0.127. The van der Waals surface area contributed by atoms with E-state index in [0.29, 0.717) is 0 Å². The lowest BCUT2D eigenvalue weighted by molar-refractivity contribution is -0.385. The normalized spacial score (nSPS) is 20.9. The van der Waals surface area contributed by atoms with E-state index in [4.69, 9.17) is 0 Å². The van der Waals surface area contributed by atoms with Crippen LogP contribution in [0.2, 0.25) is 0 Å². The van der Waals surface area contributed by atoms with Crippen LogP contribution in [0.1, 0.15) is 11.6 Å². The summed E-state index contributed by atoms with van der Waals surface area (Å²) in [6, 6.07) is -0.164. The molecule has 0 spiro atoms. The van der Waals surface area contributed by atoms with Gasteiger partial charge < -0.3 is 15.2 Å². The Kier molecular flexibility index (Phi) is 3.50. The van der Waals surface area contributed by atoms with Crippen molar-refractivity contribution >= 4 is 27.7 Å². The number of nitro groups is 1. The van der Waals surface area contributed by atoms with Crippen LogP contribution in [0.25, 0.3) is 0 Å². The van der Waals surface area contributed by atoms with Crippen molar-refractivity contribution in [2.45, 2.75) is 12.0 Å². The van der Waals surface area contributed by atoms with Crippen molar-refractivity contribution in [3.05, 3.63) is 32.3 Å². The standard InChI is InChI=1S/C10H7BrF2N2O5/c11-6-2-4(15(18)19)1-5(7(6)16)8-10(12,13)3-20-9(17)14-8/h1-2,8,16H,3H2,(H,14,17)/t8-/m0/s1. The van der Waals surface area contributed by atoms with Gasteiger partial charge in [-0.1, -0.05) is 0 Å². The Labute approximate surface area is 118 Å². The van der Waals surface area contributed by atoms with E-state index in [-0.39, 0.29) is 4.47 Å². The number of alkyl halides is 2. The minimum Gasteiger partial charge on any atom is -0.506 e. The summed E-state index contributed by atoms with van der Waals surface area (Å²) >= 11 is 2.84. The lowest BCUT2D eigenvalue weighted by Crippen LogP contribution is -2.49. The summed E-state index contributed by atoms with van der Waals surface area (Å²) in [7, 11) is 0. The number of ether oxygens (including phenoxy) is 1. The molecule has 0 aliphatic carbocycles. The van der Waals surface area contributed by atoms with Crippen LogP contribution in [0.5, 0.6) is 5.75 Å². The number of non-ortho nitro benzene ring substituents is 1. The van der Waals surface area contributed by atoms with E-state index in [1.54, 1.807) is 0 Å². The molecule has 1 fully saturated rings. The maximum absolute atomic E-state index is 13.7. The number of nitrogens with one attached hydrogen (secondary N) is 1. The van der Waals surface area contributed by atoms with Gasteiger partial charge in [-0.25, -0.2) is 13.6 Å². The molecule has 0 saturated carbocycles. The van der Waals surface area contributed by atoms with E-state index in [1.807, 2.05) is 5.32 Å². The van der Waals surface area contributed by atoms with Gasteiger partial charge in [-0.15, -0.1) is 0 Å². The Morgan fingerprint density at radius 3 is 2.80 bits per heavy atom. The molecule has 0 unspecified atom stereocenters. The van der Waals surface area contributed by atoms with Gasteiger partial charge in [0.05, 0.1) is 9.40 Å². The number of carbonyl (C=O) groups excluding carboxylic acids is 1. The van der Waals surface area contributed by atoms with Crippen LogP contribution < -0.4 is 5.32 Å². The number of nitro benzene ring substituents is 1. The van der Waals surface area contributed by atoms with E-state index < -0.39 is 46.6 Å². The topological polar surface area (TPSA) is 102 Å². The van der Waals surface area contributed by atoms with E-state index in [1.165, 1.54) is 0 Å². The van der Waals surface area contributed by atoms with Crippen LogP contribution >= 0.6 is 15.9 Å². The van der Waals surface area contributed by atoms with Crippen molar-refractivity contribution in [1.82, 2.24) is 5.32 Å². The summed E-state index contributed by atoms with van der Waals surface area (Å²) in [6.45, 7) is -1.18. The zero-order valence-electron chi connectivity index (χ0n) is 9.60. The van der Waals surface area contributed by atoms with E-state index in [9.17, 15) is 28.8 Å². The maximum Gasteiger partial charge on any atom is 0.408 e. The molecule has 1 aromatic rings. The van der Waals surface area contributed by atoms with Crippen molar-refractivity contribution in [2.75, 3.05) is 6.61 Å². The number of cyclic esters (lactones) is 1. The number of amides is 1. The van der Waals surface area contributed by atoms with Crippen molar-refractivity contribution in [3.8, 4) is 5.75 Å². The molecule has 1 saturated heterocycles. The van der Waals surface area contributed by atoms with Gasteiger partial charge in [0.15, 0.2) is 6.61 Å². The number of benzene rings is 1. The zero-order valence-corrected chi connectivity index (χ0v) is 11.2. The van der Waals surface area contributed by atoms with E-state index in [0.717, 1.165) is 12.1 Å². The Bertz CT molecular complexity index is 595. The Hall–Kier alpha value is -1.97. The van der Waals surface area contributed by atoms with Crippen LogP contribution in [0.3, 0.4) is 0 Å². The predicted molar refractivity (Wildman–Crippen MR) is 64.6 cm³/mol. The van der Waals surface area contributed by atoms with Crippen molar-refractivity contribution < 1.29 is 28.3 Å². The van der Waals surface area contributed by atoms with Crippen LogP contribution in [0, 0.1) is 10.1 Å². The van der Waals surface area contributed by atoms with Crippen molar-refractivity contribution in [3.63, 3.8) is 0 Å². The lowest BCUT2D eigenvalue weighted by atomic mass is 9.98. The largest absolute Gasteiger partial charge is 0.506 e. The first-order valence-corrected chi connectivity index (χ1v) is 5.99. The molecule has 10 heteroatoms. The van der Waals surface area contributed by atoms with Crippen molar-refractivity contribution in [2.24, 2.45) is 0 Å². The third kappa shape index (κ3) is 2.50. The molecule has 0 bridgehead atoms. The summed E-state index contributed by atoms with van der Waals surface area (Å²) in [4.78, 5) is 21.0. The number of hydrogen-bond acceptors (Lipinski definition) is 5. The number of alkyl carbamates (subject to hydrolysis) is 1. The fourth-order valence-electron chi connectivity index (χ4n) is 1.75. The zero-order chi connectivity index (χ0) is 15.1. The number of aromatic hydroxyl groups is 1. The van der Waals surface area contributed by atoms with Gasteiger partial charge in [-0.3, -0.25) is 10.1 Å². The summed E-state index contributed by atoms with van der Waals surface area (Å²) in [5.41, 5.74) is -0.964. The highest BCUT2D eigenvalue weighted by Gasteiger charge is 2.48. The first-order chi connectivity index (χ1) is 9.22. The molecule has 1 aliphatic heterocycles. The number of phenols is 1. The van der Waals surface area contributed by atoms with E-state index in [2.05, 4.69) is 20.7 Å². The molecule has 2 N–H and O–H groups in total. The smallest absolute Gasteiger partial charge is 0.408 e. The first-order valence-electron chi connectivity index (χ1n) is 5.20. The summed E-state index contributed by atoms with van der Waals surface area (Å²) in [6.07, 6.45) is -1.09. The molecule has 0 aromatic heterocycles. The Morgan fingerprint density at radius 2 is 2.20 bits per heavy atom. The number of rotatable bonds is 2.